The van der Waals surface area contributed by atoms with Crippen molar-refractivity contribution in [2.24, 2.45) is 5.73 Å². The fourth-order valence-electron chi connectivity index (χ4n) is 1.88. The lowest BCUT2D eigenvalue weighted by Gasteiger charge is -2.33. The van der Waals surface area contributed by atoms with E-state index in [9.17, 15) is 5.11 Å². The van der Waals surface area contributed by atoms with Gasteiger partial charge in [-0.3, -0.25) is 0 Å². The Morgan fingerprint density at radius 3 is 2.71 bits per heavy atom. The first-order chi connectivity index (χ1) is 6.62. The van der Waals surface area contributed by atoms with E-state index < -0.39 is 5.60 Å². The minimum absolute atomic E-state index is 0.252. The maximum absolute atomic E-state index is 10.4. The van der Waals surface area contributed by atoms with Crippen molar-refractivity contribution in [1.82, 2.24) is 4.98 Å². The van der Waals surface area contributed by atoms with Crippen molar-refractivity contribution in [2.75, 3.05) is 0 Å². The van der Waals surface area contributed by atoms with E-state index in [1.165, 1.54) is 11.3 Å². The predicted octanol–water partition coefficient (Wildman–Crippen LogP) is 1.99. The van der Waals surface area contributed by atoms with Gasteiger partial charge in [0.25, 0.3) is 0 Å². The van der Waals surface area contributed by atoms with Crippen molar-refractivity contribution in [3.8, 4) is 0 Å². The predicted molar refractivity (Wildman–Crippen MR) is 60.2 cm³/mol. The van der Waals surface area contributed by atoms with Gasteiger partial charge in [-0.1, -0.05) is 0 Å². The number of hydrogen-bond acceptors (Lipinski definition) is 4. The molecule has 0 unspecified atom stereocenters. The average molecular weight is 277 g/mol. The molecule has 78 valence electrons. The fraction of sp³-hybridized carbons (Fsp3) is 0.667. The van der Waals surface area contributed by atoms with Gasteiger partial charge in [0.2, 0.25) is 0 Å². The smallest absolute Gasteiger partial charge is 0.123 e. The average Bonchev–Trinajstić information content (AvgIpc) is 2.58. The summed E-state index contributed by atoms with van der Waals surface area (Å²) < 4.78 is 0.778. The molecule has 14 heavy (non-hydrogen) atoms. The first-order valence-corrected chi connectivity index (χ1v) is 6.36. The summed E-state index contributed by atoms with van der Waals surface area (Å²) in [6.45, 7) is 0. The highest BCUT2D eigenvalue weighted by atomic mass is 79.9. The summed E-state index contributed by atoms with van der Waals surface area (Å²) in [6, 6.07) is 0.252. The van der Waals surface area contributed by atoms with Crippen LogP contribution in [0.4, 0.5) is 0 Å². The molecule has 1 aliphatic rings. The zero-order valence-corrected chi connectivity index (χ0v) is 10.1. The van der Waals surface area contributed by atoms with Crippen molar-refractivity contribution >= 4 is 27.3 Å². The molecule has 5 heteroatoms. The number of hydrogen-bond donors (Lipinski definition) is 2. The number of nitrogens with two attached hydrogens (primary N) is 1. The van der Waals surface area contributed by atoms with Crippen molar-refractivity contribution in [3.63, 3.8) is 0 Å². The molecular formula is C9H13BrN2OS. The Bertz CT molecular complexity index is 320. The van der Waals surface area contributed by atoms with Gasteiger partial charge in [0, 0.05) is 6.04 Å². The van der Waals surface area contributed by atoms with Crippen LogP contribution in [0.5, 0.6) is 0 Å². The Hall–Kier alpha value is 0.0300. The summed E-state index contributed by atoms with van der Waals surface area (Å²) in [5.41, 5.74) is 6.87. The highest BCUT2D eigenvalue weighted by Crippen LogP contribution is 2.41. The van der Waals surface area contributed by atoms with Crippen LogP contribution in [-0.4, -0.2) is 16.1 Å². The normalized spacial score (nSPS) is 33.2. The summed E-state index contributed by atoms with van der Waals surface area (Å²) in [4.78, 5) is 5.05. The standard InChI is InChI=1S/C9H13BrN2OS/c10-8-7(14-5-12-8)9(13)3-1-6(11)2-4-9/h5-6,13H,1-4,11H2. The maximum Gasteiger partial charge on any atom is 0.123 e. The van der Waals surface area contributed by atoms with Crippen LogP contribution in [0.15, 0.2) is 10.1 Å². The number of thiazole rings is 1. The Morgan fingerprint density at radius 2 is 2.21 bits per heavy atom. The van der Waals surface area contributed by atoms with Crippen LogP contribution in [0, 0.1) is 0 Å². The van der Waals surface area contributed by atoms with E-state index in [1.807, 2.05) is 0 Å². The third kappa shape index (κ3) is 1.86. The molecule has 0 radical (unpaired) electrons. The Morgan fingerprint density at radius 1 is 1.57 bits per heavy atom. The van der Waals surface area contributed by atoms with E-state index in [1.54, 1.807) is 5.51 Å². The summed E-state index contributed by atoms with van der Waals surface area (Å²) in [5, 5.41) is 10.4. The molecule has 1 aromatic heterocycles. The van der Waals surface area contributed by atoms with Crippen LogP contribution in [0.2, 0.25) is 0 Å². The minimum atomic E-state index is -0.699. The maximum atomic E-state index is 10.4. The van der Waals surface area contributed by atoms with Gasteiger partial charge in [0.15, 0.2) is 0 Å². The first-order valence-electron chi connectivity index (χ1n) is 4.69. The molecule has 0 spiro atoms. The summed E-state index contributed by atoms with van der Waals surface area (Å²) >= 11 is 4.87. The molecular weight excluding hydrogens is 264 g/mol. The lowest BCUT2D eigenvalue weighted by atomic mass is 9.82. The van der Waals surface area contributed by atoms with Gasteiger partial charge in [-0.15, -0.1) is 11.3 Å². The number of nitrogens with zero attached hydrogens (tertiary/aromatic N) is 1. The molecule has 1 aliphatic carbocycles. The molecule has 0 aliphatic heterocycles. The van der Waals surface area contributed by atoms with Gasteiger partial charge in [0.1, 0.15) is 10.2 Å². The topological polar surface area (TPSA) is 59.1 Å². The number of rotatable bonds is 1. The zero-order chi connectivity index (χ0) is 10.2. The third-order valence-electron chi connectivity index (χ3n) is 2.80. The second-order valence-electron chi connectivity index (χ2n) is 3.84. The molecule has 3 N–H and O–H groups in total. The molecule has 1 fully saturated rings. The van der Waals surface area contributed by atoms with Crippen LogP contribution in [0.25, 0.3) is 0 Å². The van der Waals surface area contributed by atoms with E-state index in [4.69, 9.17) is 5.73 Å². The third-order valence-corrected chi connectivity index (χ3v) is 4.69. The van der Waals surface area contributed by atoms with Crippen molar-refractivity contribution < 1.29 is 5.11 Å². The number of aromatic nitrogens is 1. The second kappa shape index (κ2) is 3.89. The zero-order valence-electron chi connectivity index (χ0n) is 7.74. The molecule has 3 nitrogen and oxygen atoms in total. The van der Waals surface area contributed by atoms with Crippen LogP contribution >= 0.6 is 27.3 Å². The number of halogens is 1. The molecule has 1 saturated carbocycles. The first kappa shape index (κ1) is 10.5. The van der Waals surface area contributed by atoms with Gasteiger partial charge >= 0.3 is 0 Å². The van der Waals surface area contributed by atoms with Gasteiger partial charge in [-0.05, 0) is 41.6 Å². The second-order valence-corrected chi connectivity index (χ2v) is 5.45. The quantitative estimate of drug-likeness (QED) is 0.825. The van der Waals surface area contributed by atoms with Crippen molar-refractivity contribution in [2.45, 2.75) is 37.3 Å². The van der Waals surface area contributed by atoms with Crippen LogP contribution in [0.1, 0.15) is 30.6 Å². The molecule has 1 aromatic rings. The lowest BCUT2D eigenvalue weighted by molar-refractivity contribution is -0.00239. The van der Waals surface area contributed by atoms with Gasteiger partial charge in [-0.2, -0.15) is 0 Å². The molecule has 0 saturated heterocycles. The Kier molecular flexibility index (Phi) is 2.93. The summed E-state index contributed by atoms with van der Waals surface area (Å²) in [6.07, 6.45) is 3.27. The van der Waals surface area contributed by atoms with Crippen LogP contribution in [-0.2, 0) is 5.60 Å². The molecule has 0 aromatic carbocycles. The van der Waals surface area contributed by atoms with E-state index in [2.05, 4.69) is 20.9 Å². The molecule has 0 amide bonds. The molecule has 0 bridgehead atoms. The number of aliphatic hydroxyl groups is 1. The Labute approximate surface area is 95.5 Å². The van der Waals surface area contributed by atoms with Crippen LogP contribution in [0.3, 0.4) is 0 Å². The summed E-state index contributed by atoms with van der Waals surface area (Å²) in [5.74, 6) is 0. The van der Waals surface area contributed by atoms with Gasteiger partial charge in [-0.25, -0.2) is 4.98 Å². The van der Waals surface area contributed by atoms with Crippen molar-refractivity contribution in [1.29, 1.82) is 0 Å². The highest BCUT2D eigenvalue weighted by molar-refractivity contribution is 9.10. The Balaban J connectivity index is 2.21. The highest BCUT2D eigenvalue weighted by Gasteiger charge is 2.36. The lowest BCUT2D eigenvalue weighted by Crippen LogP contribution is -2.36. The molecule has 0 atom stereocenters. The fourth-order valence-corrected chi connectivity index (χ4v) is 3.60. The largest absolute Gasteiger partial charge is 0.384 e. The summed E-state index contributed by atoms with van der Waals surface area (Å²) in [7, 11) is 0. The molecule has 1 heterocycles. The van der Waals surface area contributed by atoms with E-state index in [0.717, 1.165) is 35.2 Å². The van der Waals surface area contributed by atoms with Crippen molar-refractivity contribution in [3.05, 3.63) is 15.0 Å². The van der Waals surface area contributed by atoms with E-state index in [0.29, 0.717) is 0 Å². The minimum Gasteiger partial charge on any atom is -0.384 e. The monoisotopic (exact) mass is 276 g/mol. The SMILES string of the molecule is NC1CCC(O)(c2scnc2Br)CC1. The van der Waals surface area contributed by atoms with E-state index in [-0.39, 0.29) is 6.04 Å². The van der Waals surface area contributed by atoms with Gasteiger partial charge in [0.05, 0.1) is 10.4 Å². The molecule has 2 rings (SSSR count). The van der Waals surface area contributed by atoms with E-state index >= 15 is 0 Å². The van der Waals surface area contributed by atoms with Gasteiger partial charge < -0.3 is 10.8 Å². The van der Waals surface area contributed by atoms with Crippen LogP contribution < -0.4 is 5.73 Å².